The van der Waals surface area contributed by atoms with Crippen LogP contribution in [0.5, 0.6) is 11.5 Å². The van der Waals surface area contributed by atoms with Crippen LogP contribution in [-0.4, -0.2) is 19.5 Å². The van der Waals surface area contributed by atoms with Gasteiger partial charge in [-0.3, -0.25) is 0 Å². The first-order valence-corrected chi connectivity index (χ1v) is 7.96. The van der Waals surface area contributed by atoms with Crippen LogP contribution >= 0.6 is 0 Å². The van der Waals surface area contributed by atoms with E-state index in [1.54, 1.807) is 14.2 Å². The van der Waals surface area contributed by atoms with E-state index in [0.29, 0.717) is 5.25 Å². The Kier molecular flexibility index (Phi) is 4.96. The lowest BCUT2D eigenvalue weighted by Crippen LogP contribution is -2.16. The quantitative estimate of drug-likeness (QED) is 0.770. The number of rotatable bonds is 5. The minimum absolute atomic E-state index is 0.00521. The third-order valence-electron chi connectivity index (χ3n) is 3.09. The van der Waals surface area contributed by atoms with Crippen LogP contribution in [0.15, 0.2) is 58.3 Å². The smallest absolute Gasteiger partial charge is 0.202 e. The molecule has 0 aliphatic carbocycles. The molecule has 0 N–H and O–H groups in total. The van der Waals surface area contributed by atoms with Crippen LogP contribution in [0.3, 0.4) is 0 Å². The molecule has 3 heteroatoms. The summed E-state index contributed by atoms with van der Waals surface area (Å²) < 4.78 is 10.8. The van der Waals surface area contributed by atoms with E-state index < -0.39 is 0 Å². The van der Waals surface area contributed by atoms with Crippen molar-refractivity contribution in [1.29, 1.82) is 0 Å². The average molecular weight is 289 g/mol. The summed E-state index contributed by atoms with van der Waals surface area (Å²) in [6.45, 7) is 4.50. The van der Waals surface area contributed by atoms with E-state index in [-0.39, 0.29) is 10.9 Å². The lowest BCUT2D eigenvalue weighted by atomic mass is 10.3. The average Bonchev–Trinajstić information content (AvgIpc) is 2.48. The molecule has 0 bridgehead atoms. The summed E-state index contributed by atoms with van der Waals surface area (Å²) in [6.07, 6.45) is 0. The molecule has 1 atom stereocenters. The summed E-state index contributed by atoms with van der Waals surface area (Å²) in [6, 6.07) is 16.6. The lowest BCUT2D eigenvalue weighted by Gasteiger charge is -2.14. The van der Waals surface area contributed by atoms with Gasteiger partial charge < -0.3 is 9.47 Å². The fourth-order valence-corrected chi connectivity index (χ4v) is 4.50. The van der Waals surface area contributed by atoms with Crippen molar-refractivity contribution in [3.63, 3.8) is 0 Å². The lowest BCUT2D eigenvalue weighted by molar-refractivity contribution is 0.404. The van der Waals surface area contributed by atoms with Gasteiger partial charge in [0.05, 0.1) is 25.1 Å². The maximum atomic E-state index is 5.53. The summed E-state index contributed by atoms with van der Waals surface area (Å²) in [5.74, 6) is 1.85. The highest BCUT2D eigenvalue weighted by Crippen LogP contribution is 2.34. The highest BCUT2D eigenvalue weighted by atomic mass is 32.2. The Hall–Kier alpha value is -1.61. The Labute approximate surface area is 124 Å². The molecule has 2 aromatic rings. The van der Waals surface area contributed by atoms with Crippen LogP contribution in [-0.2, 0) is 10.9 Å². The molecule has 2 nitrogen and oxygen atoms in total. The predicted molar refractivity (Wildman–Crippen MR) is 85.0 cm³/mol. The van der Waals surface area contributed by atoms with Gasteiger partial charge in [-0.15, -0.1) is 0 Å². The number of methoxy groups -OCH3 is 2. The minimum Gasteiger partial charge on any atom is -0.497 e. The Morgan fingerprint density at radius 3 is 2.05 bits per heavy atom. The molecule has 0 saturated carbocycles. The van der Waals surface area contributed by atoms with Crippen molar-refractivity contribution in [1.82, 2.24) is 0 Å². The van der Waals surface area contributed by atoms with Crippen molar-refractivity contribution < 1.29 is 9.47 Å². The number of hydrogen-bond donors (Lipinski definition) is 0. The van der Waals surface area contributed by atoms with Crippen molar-refractivity contribution in [2.45, 2.75) is 28.9 Å². The molecule has 2 aromatic carbocycles. The number of hydrogen-bond acceptors (Lipinski definition) is 2. The molecular weight excluding hydrogens is 268 g/mol. The number of ether oxygens (including phenoxy) is 2. The molecule has 0 spiro atoms. The van der Waals surface area contributed by atoms with Gasteiger partial charge in [0.15, 0.2) is 10.6 Å². The Morgan fingerprint density at radius 1 is 0.850 bits per heavy atom. The van der Waals surface area contributed by atoms with Gasteiger partial charge in [0, 0.05) is 0 Å². The van der Waals surface area contributed by atoms with Crippen molar-refractivity contribution in [2.24, 2.45) is 0 Å². The van der Waals surface area contributed by atoms with E-state index in [9.17, 15) is 0 Å². The van der Waals surface area contributed by atoms with Gasteiger partial charge in [0.25, 0.3) is 0 Å². The van der Waals surface area contributed by atoms with Gasteiger partial charge in [-0.2, -0.15) is 0 Å². The van der Waals surface area contributed by atoms with Crippen LogP contribution in [0.1, 0.15) is 13.8 Å². The summed E-state index contributed by atoms with van der Waals surface area (Å²) in [5, 5.41) is 0.514. The van der Waals surface area contributed by atoms with Crippen molar-refractivity contribution in [2.75, 3.05) is 14.2 Å². The van der Waals surface area contributed by atoms with E-state index in [1.165, 1.54) is 9.79 Å². The second-order valence-corrected chi connectivity index (χ2v) is 7.24. The SMILES string of the molecule is COc1ccc([S+](c2ccccc2OC)C(C)C)cc1. The number of benzene rings is 2. The van der Waals surface area contributed by atoms with E-state index in [0.717, 1.165) is 11.5 Å². The fourth-order valence-electron chi connectivity index (χ4n) is 2.18. The van der Waals surface area contributed by atoms with Crippen LogP contribution in [0, 0.1) is 0 Å². The third-order valence-corrected chi connectivity index (χ3v) is 5.62. The number of para-hydroxylation sites is 1. The van der Waals surface area contributed by atoms with Crippen LogP contribution in [0.25, 0.3) is 0 Å². The summed E-state index contributed by atoms with van der Waals surface area (Å²) in [4.78, 5) is 2.57. The molecule has 0 heterocycles. The van der Waals surface area contributed by atoms with Crippen LogP contribution in [0.4, 0.5) is 0 Å². The van der Waals surface area contributed by atoms with Crippen LogP contribution in [0.2, 0.25) is 0 Å². The van der Waals surface area contributed by atoms with E-state index in [4.69, 9.17) is 9.47 Å². The standard InChI is InChI=1S/C17H21O2S/c1-13(2)20(15-11-9-14(18-3)10-12-15)17-8-6-5-7-16(17)19-4/h5-13H,1-4H3/q+1. The van der Waals surface area contributed by atoms with E-state index in [2.05, 4.69) is 38.1 Å². The maximum absolute atomic E-state index is 5.53. The molecule has 20 heavy (non-hydrogen) atoms. The van der Waals surface area contributed by atoms with Crippen molar-refractivity contribution in [3.8, 4) is 11.5 Å². The predicted octanol–water partition coefficient (Wildman–Crippen LogP) is 4.15. The zero-order valence-corrected chi connectivity index (χ0v) is 13.2. The highest BCUT2D eigenvalue weighted by Gasteiger charge is 2.32. The van der Waals surface area contributed by atoms with Gasteiger partial charge in [-0.1, -0.05) is 12.1 Å². The molecule has 0 aliphatic heterocycles. The largest absolute Gasteiger partial charge is 0.497 e. The minimum atomic E-state index is -0.00521. The summed E-state index contributed by atoms with van der Waals surface area (Å²) in [7, 11) is 3.42. The molecule has 106 valence electrons. The molecular formula is C17H21O2S+. The molecule has 1 unspecified atom stereocenters. The summed E-state index contributed by atoms with van der Waals surface area (Å²) in [5.41, 5.74) is 0. The fraction of sp³-hybridized carbons (Fsp3) is 0.294. The van der Waals surface area contributed by atoms with Gasteiger partial charge in [-0.25, -0.2) is 0 Å². The van der Waals surface area contributed by atoms with Crippen molar-refractivity contribution in [3.05, 3.63) is 48.5 Å². The first-order chi connectivity index (χ1) is 9.67. The van der Waals surface area contributed by atoms with Gasteiger partial charge >= 0.3 is 0 Å². The van der Waals surface area contributed by atoms with E-state index in [1.807, 2.05) is 24.3 Å². The second-order valence-electron chi connectivity index (χ2n) is 4.71. The molecule has 0 amide bonds. The van der Waals surface area contributed by atoms with Crippen LogP contribution < -0.4 is 9.47 Å². The zero-order chi connectivity index (χ0) is 14.5. The molecule has 0 saturated heterocycles. The Balaban J connectivity index is 2.45. The second kappa shape index (κ2) is 6.71. The Morgan fingerprint density at radius 2 is 1.50 bits per heavy atom. The molecule has 0 fully saturated rings. The normalized spacial score (nSPS) is 12.2. The van der Waals surface area contributed by atoms with Crippen molar-refractivity contribution >= 4 is 10.9 Å². The van der Waals surface area contributed by atoms with Gasteiger partial charge in [0.1, 0.15) is 11.0 Å². The monoisotopic (exact) mass is 289 g/mol. The molecule has 0 radical (unpaired) electrons. The highest BCUT2D eigenvalue weighted by molar-refractivity contribution is 7.97. The Bertz CT molecular complexity index is 549. The first-order valence-electron chi connectivity index (χ1n) is 6.67. The first kappa shape index (κ1) is 14.8. The third kappa shape index (κ3) is 3.10. The zero-order valence-electron chi connectivity index (χ0n) is 12.4. The van der Waals surface area contributed by atoms with Gasteiger partial charge in [0.2, 0.25) is 4.90 Å². The maximum Gasteiger partial charge on any atom is 0.202 e. The van der Waals surface area contributed by atoms with E-state index >= 15 is 0 Å². The topological polar surface area (TPSA) is 18.5 Å². The molecule has 0 aromatic heterocycles. The molecule has 0 aliphatic rings. The van der Waals surface area contributed by atoms with Gasteiger partial charge in [-0.05, 0) is 50.2 Å². The molecule has 2 rings (SSSR count). The summed E-state index contributed by atoms with van der Waals surface area (Å²) >= 11 is 0.